The molecule has 0 unspecified atom stereocenters. The molecule has 4 nitrogen and oxygen atoms in total. The Morgan fingerprint density at radius 1 is 1.26 bits per heavy atom. The van der Waals surface area contributed by atoms with Crippen molar-refractivity contribution in [3.8, 4) is 0 Å². The van der Waals surface area contributed by atoms with E-state index in [2.05, 4.69) is 4.99 Å². The summed E-state index contributed by atoms with van der Waals surface area (Å²) in [6.07, 6.45) is 0.193. The van der Waals surface area contributed by atoms with Crippen molar-refractivity contribution in [1.82, 2.24) is 4.90 Å². The minimum atomic E-state index is -4.29. The summed E-state index contributed by atoms with van der Waals surface area (Å²) in [5.74, 6) is -4.90. The quantitative estimate of drug-likeness (QED) is 0.124. The number of nitrogens with zero attached hydrogens (tertiary/aromatic N) is 2. The summed E-state index contributed by atoms with van der Waals surface area (Å²) < 4.78 is 56.6. The Hall–Kier alpha value is -1.64. The Balaban J connectivity index is 2.71. The zero-order valence-electron chi connectivity index (χ0n) is 15.7. The van der Waals surface area contributed by atoms with Crippen LogP contribution < -0.4 is 0 Å². The zero-order valence-corrected chi connectivity index (χ0v) is 17.2. The first-order valence-electron chi connectivity index (χ1n) is 8.37. The fourth-order valence-corrected chi connectivity index (χ4v) is 2.29. The molecule has 0 saturated carbocycles. The number of esters is 1. The van der Waals surface area contributed by atoms with Crippen molar-refractivity contribution in [2.45, 2.75) is 44.4 Å². The van der Waals surface area contributed by atoms with Gasteiger partial charge in [-0.15, -0.1) is 0 Å². The molecule has 0 bridgehead atoms. The maximum absolute atomic E-state index is 13.1. The number of ether oxygens (including phenoxy) is 1. The average Bonchev–Trinajstić information content (AvgIpc) is 2.58. The predicted molar refractivity (Wildman–Crippen MR) is 101 cm³/mol. The molecule has 1 aromatic carbocycles. The van der Waals surface area contributed by atoms with Gasteiger partial charge < -0.3 is 9.64 Å². The van der Waals surface area contributed by atoms with E-state index < -0.39 is 23.1 Å². The van der Waals surface area contributed by atoms with Gasteiger partial charge in [0.05, 0.1) is 24.2 Å². The Kier molecular flexibility index (Phi) is 8.25. The van der Waals surface area contributed by atoms with E-state index in [9.17, 15) is 22.4 Å². The largest absolute Gasteiger partial charge is 0.462 e. The Labute approximate surface area is 164 Å². The van der Waals surface area contributed by atoms with Gasteiger partial charge in [0.2, 0.25) is 0 Å². The molecule has 1 aromatic rings. The van der Waals surface area contributed by atoms with Crippen molar-refractivity contribution in [3.63, 3.8) is 0 Å². The number of hydrogen-bond acceptors (Lipinski definition) is 3. The van der Waals surface area contributed by atoms with Crippen molar-refractivity contribution >= 4 is 33.9 Å². The smallest absolute Gasteiger partial charge is 0.363 e. The van der Waals surface area contributed by atoms with E-state index in [-0.39, 0.29) is 18.6 Å². The molecule has 0 aliphatic heterocycles. The molecule has 0 heterocycles. The lowest BCUT2D eigenvalue weighted by Crippen LogP contribution is -2.35. The number of hydrogen-bond donors (Lipinski definition) is 0. The second-order valence-electron chi connectivity index (χ2n) is 6.14. The molecule has 0 spiro atoms. The Bertz CT molecular complexity index is 691. The second-order valence-corrected chi connectivity index (χ2v) is 7.14. The highest BCUT2D eigenvalue weighted by Crippen LogP contribution is 2.42. The summed E-state index contributed by atoms with van der Waals surface area (Å²) in [6, 6.07) is 3.21. The molecular weight excluding hydrogens is 432 g/mol. The van der Waals surface area contributed by atoms with E-state index in [1.165, 1.54) is 0 Å². The van der Waals surface area contributed by atoms with Crippen LogP contribution in [-0.2, 0) is 4.74 Å². The van der Waals surface area contributed by atoms with Crippen molar-refractivity contribution in [1.29, 1.82) is 0 Å². The van der Waals surface area contributed by atoms with Crippen LogP contribution in [0.25, 0.3) is 0 Å². The first kappa shape index (κ1) is 23.4. The van der Waals surface area contributed by atoms with E-state index in [1.807, 2.05) is 25.8 Å². The maximum Gasteiger partial charge on any atom is 0.363 e. The highest BCUT2D eigenvalue weighted by Gasteiger charge is 2.53. The summed E-state index contributed by atoms with van der Waals surface area (Å²) in [6.45, 7) is 5.94. The lowest BCUT2D eigenvalue weighted by molar-refractivity contribution is -0.152. The van der Waals surface area contributed by atoms with Gasteiger partial charge in [-0.05, 0) is 66.4 Å². The second kappa shape index (κ2) is 9.52. The molecule has 0 atom stereocenters. The van der Waals surface area contributed by atoms with E-state index in [4.69, 9.17) is 4.74 Å². The van der Waals surface area contributed by atoms with E-state index in [0.29, 0.717) is 11.3 Å². The van der Waals surface area contributed by atoms with Gasteiger partial charge in [0, 0.05) is 20.0 Å². The molecule has 0 aliphatic rings. The SMILES string of the molecule is CCN(C)/C=N/c1ccc(C(=O)OCCCC(F)(F)C(F)(F)Br)c(C)c1C. The van der Waals surface area contributed by atoms with Crippen molar-refractivity contribution in [3.05, 3.63) is 28.8 Å². The average molecular weight is 455 g/mol. The third-order valence-electron chi connectivity index (χ3n) is 4.15. The number of halogens is 5. The molecule has 152 valence electrons. The summed E-state index contributed by atoms with van der Waals surface area (Å²) >= 11 is 1.66. The Morgan fingerprint density at radius 2 is 1.89 bits per heavy atom. The van der Waals surface area contributed by atoms with Gasteiger partial charge in [0.15, 0.2) is 0 Å². The van der Waals surface area contributed by atoms with Gasteiger partial charge in [-0.3, -0.25) is 0 Å². The number of aliphatic imine (C=N–C) groups is 1. The number of rotatable bonds is 9. The highest BCUT2D eigenvalue weighted by molar-refractivity contribution is 9.10. The van der Waals surface area contributed by atoms with Crippen LogP contribution in [0.5, 0.6) is 0 Å². The molecule has 0 N–H and O–H groups in total. The van der Waals surface area contributed by atoms with Gasteiger partial charge in [-0.2, -0.15) is 17.6 Å². The van der Waals surface area contributed by atoms with Crippen LogP contribution in [0.1, 0.15) is 41.3 Å². The predicted octanol–water partition coefficient (Wildman–Crippen LogP) is 5.47. The molecule has 0 saturated heterocycles. The molecule has 9 heteroatoms. The molecule has 0 aliphatic carbocycles. The minimum Gasteiger partial charge on any atom is -0.462 e. The maximum atomic E-state index is 13.1. The lowest BCUT2D eigenvalue weighted by Gasteiger charge is -2.21. The summed E-state index contributed by atoms with van der Waals surface area (Å²) in [5.41, 5.74) is 2.43. The van der Waals surface area contributed by atoms with Gasteiger partial charge in [0.1, 0.15) is 0 Å². The van der Waals surface area contributed by atoms with Crippen molar-refractivity contribution < 1.29 is 27.1 Å². The molecule has 0 radical (unpaired) electrons. The van der Waals surface area contributed by atoms with Crippen LogP contribution in [0.4, 0.5) is 23.2 Å². The number of alkyl halides is 5. The van der Waals surface area contributed by atoms with E-state index in [0.717, 1.165) is 12.1 Å². The van der Waals surface area contributed by atoms with Crippen molar-refractivity contribution in [2.75, 3.05) is 20.2 Å². The first-order valence-corrected chi connectivity index (χ1v) is 9.16. The normalized spacial score (nSPS) is 12.5. The van der Waals surface area contributed by atoms with Crippen LogP contribution in [0.3, 0.4) is 0 Å². The lowest BCUT2D eigenvalue weighted by atomic mass is 10.0. The van der Waals surface area contributed by atoms with Gasteiger partial charge in [-0.1, -0.05) is 0 Å². The number of benzene rings is 1. The number of carbonyl (C=O) groups excluding carboxylic acids is 1. The molecule has 0 aromatic heterocycles. The van der Waals surface area contributed by atoms with E-state index in [1.54, 1.807) is 41.3 Å². The van der Waals surface area contributed by atoms with Gasteiger partial charge in [-0.25, -0.2) is 9.79 Å². The van der Waals surface area contributed by atoms with Crippen molar-refractivity contribution in [2.24, 2.45) is 4.99 Å². The van der Waals surface area contributed by atoms with Crippen LogP contribution >= 0.6 is 15.9 Å². The first-order chi connectivity index (χ1) is 12.4. The standard InChI is InChI=1S/C18H23BrF4N2O2/c1-5-25(4)11-24-15-8-7-14(12(2)13(15)3)16(26)27-10-6-9-17(20,21)18(19,22)23/h7-8,11H,5-6,9-10H2,1-4H3/b24-11+. The highest BCUT2D eigenvalue weighted by atomic mass is 79.9. The van der Waals surface area contributed by atoms with E-state index >= 15 is 0 Å². The minimum absolute atomic E-state index is 0.285. The van der Waals surface area contributed by atoms with Gasteiger partial charge >= 0.3 is 16.7 Å². The fourth-order valence-electron chi connectivity index (χ4n) is 2.09. The van der Waals surface area contributed by atoms with Crippen LogP contribution in [0, 0.1) is 13.8 Å². The molecule has 1 rings (SSSR count). The molecule has 0 amide bonds. The molecule has 0 fully saturated rings. The van der Waals surface area contributed by atoms with Gasteiger partial charge in [0.25, 0.3) is 0 Å². The molecular formula is C18H23BrF4N2O2. The summed E-state index contributed by atoms with van der Waals surface area (Å²) in [5, 5.41) is 0. The zero-order chi connectivity index (χ0) is 20.8. The summed E-state index contributed by atoms with van der Waals surface area (Å²) in [7, 11) is 1.88. The van der Waals surface area contributed by atoms with Crippen LogP contribution in [0.15, 0.2) is 17.1 Å². The third kappa shape index (κ3) is 6.48. The monoisotopic (exact) mass is 454 g/mol. The number of carbonyl (C=O) groups is 1. The Morgan fingerprint density at radius 3 is 2.44 bits per heavy atom. The fraction of sp³-hybridized carbons (Fsp3) is 0.556. The topological polar surface area (TPSA) is 41.9 Å². The molecule has 27 heavy (non-hydrogen) atoms. The third-order valence-corrected chi connectivity index (χ3v) is 4.73. The summed E-state index contributed by atoms with van der Waals surface area (Å²) in [4.78, 5) is 14.1. The van der Waals surface area contributed by atoms with Crippen LogP contribution in [-0.4, -0.2) is 48.2 Å². The van der Waals surface area contributed by atoms with Crippen LogP contribution in [0.2, 0.25) is 0 Å².